The van der Waals surface area contributed by atoms with E-state index in [0.717, 1.165) is 0 Å². The Morgan fingerprint density at radius 2 is 2.22 bits per heavy atom. The van der Waals surface area contributed by atoms with Crippen LogP contribution in [0.15, 0.2) is 18.2 Å². The molecule has 1 rings (SSSR count). The third-order valence-corrected chi connectivity index (χ3v) is 2.94. The lowest BCUT2D eigenvalue weighted by Gasteiger charge is -2.22. The Bertz CT molecular complexity index is 480. The molecule has 4 nitrogen and oxygen atoms in total. The highest BCUT2D eigenvalue weighted by atomic mass is 35.5. The fraction of sp³-hybridized carbons (Fsp3) is 0.385. The minimum Gasteiger partial charge on any atom is -0.375 e. The third kappa shape index (κ3) is 3.64. The predicted octanol–water partition coefficient (Wildman–Crippen LogP) is 2.49. The van der Waals surface area contributed by atoms with E-state index in [2.05, 4.69) is 11.4 Å². The zero-order valence-corrected chi connectivity index (χ0v) is 11.5. The first kappa shape index (κ1) is 14.3. The number of amides is 1. The molecule has 0 fully saturated rings. The summed E-state index contributed by atoms with van der Waals surface area (Å²) in [5.41, 5.74) is 1.05. The summed E-state index contributed by atoms with van der Waals surface area (Å²) in [6.45, 7) is 4.03. The molecule has 0 aliphatic heterocycles. The molecule has 1 aromatic carbocycles. The van der Waals surface area contributed by atoms with Crippen molar-refractivity contribution in [3.8, 4) is 6.07 Å². The number of nitriles is 1. The fourth-order valence-corrected chi connectivity index (χ4v) is 1.52. The van der Waals surface area contributed by atoms with Gasteiger partial charge in [0.25, 0.3) is 0 Å². The number of nitrogens with zero attached hydrogens (tertiary/aromatic N) is 2. The van der Waals surface area contributed by atoms with Crippen molar-refractivity contribution in [3.63, 3.8) is 0 Å². The summed E-state index contributed by atoms with van der Waals surface area (Å²) >= 11 is 5.86. The van der Waals surface area contributed by atoms with Crippen molar-refractivity contribution in [2.24, 2.45) is 0 Å². The number of halogens is 1. The summed E-state index contributed by atoms with van der Waals surface area (Å²) in [6.07, 6.45) is 0. The topological polar surface area (TPSA) is 56.1 Å². The highest BCUT2D eigenvalue weighted by Crippen LogP contribution is 2.20. The first-order valence-corrected chi connectivity index (χ1v) is 6.02. The molecule has 0 aliphatic rings. The fourth-order valence-electron chi connectivity index (χ4n) is 1.34. The van der Waals surface area contributed by atoms with E-state index >= 15 is 0 Å². The van der Waals surface area contributed by atoms with E-state index in [1.165, 1.54) is 0 Å². The Kier molecular flexibility index (Phi) is 4.99. The lowest BCUT2D eigenvalue weighted by atomic mass is 10.2. The van der Waals surface area contributed by atoms with E-state index in [1.807, 2.05) is 13.8 Å². The number of benzene rings is 1. The van der Waals surface area contributed by atoms with Gasteiger partial charge in [0.15, 0.2) is 0 Å². The van der Waals surface area contributed by atoms with Crippen LogP contribution in [-0.4, -0.2) is 30.4 Å². The van der Waals surface area contributed by atoms with Crippen LogP contribution in [0.4, 0.5) is 5.69 Å². The molecular formula is C13H16ClN3O. The molecule has 0 aromatic heterocycles. The summed E-state index contributed by atoms with van der Waals surface area (Å²) in [5.74, 6) is -0.0335. The highest BCUT2D eigenvalue weighted by molar-refractivity contribution is 6.30. The van der Waals surface area contributed by atoms with Gasteiger partial charge in [0.1, 0.15) is 6.07 Å². The van der Waals surface area contributed by atoms with E-state index in [-0.39, 0.29) is 18.5 Å². The molecule has 0 bridgehead atoms. The van der Waals surface area contributed by atoms with Crippen LogP contribution in [0.25, 0.3) is 0 Å². The number of anilines is 1. The number of nitrogens with one attached hydrogen (secondary N) is 1. The van der Waals surface area contributed by atoms with Gasteiger partial charge in [-0.3, -0.25) is 4.79 Å². The summed E-state index contributed by atoms with van der Waals surface area (Å²) in [7, 11) is 1.75. The van der Waals surface area contributed by atoms with E-state index in [0.29, 0.717) is 16.3 Å². The maximum atomic E-state index is 11.8. The standard InChI is InChI=1S/C13H16ClN3O/c1-9(2)17(3)13(18)8-16-12-6-11(14)5-4-10(12)7-15/h4-6,9,16H,8H2,1-3H3. The predicted molar refractivity (Wildman–Crippen MR) is 72.6 cm³/mol. The molecule has 18 heavy (non-hydrogen) atoms. The summed E-state index contributed by atoms with van der Waals surface area (Å²) < 4.78 is 0. The molecule has 96 valence electrons. The molecular weight excluding hydrogens is 250 g/mol. The number of hydrogen-bond acceptors (Lipinski definition) is 3. The van der Waals surface area contributed by atoms with Gasteiger partial charge in [-0.25, -0.2) is 0 Å². The van der Waals surface area contributed by atoms with Crippen LogP contribution in [0.5, 0.6) is 0 Å². The quantitative estimate of drug-likeness (QED) is 0.910. The molecule has 0 heterocycles. The maximum absolute atomic E-state index is 11.8. The van der Waals surface area contributed by atoms with E-state index in [9.17, 15) is 4.79 Å². The Hall–Kier alpha value is -1.73. The number of carbonyl (C=O) groups is 1. The van der Waals surface area contributed by atoms with Gasteiger partial charge in [-0.15, -0.1) is 0 Å². The minimum atomic E-state index is -0.0335. The molecule has 0 saturated carbocycles. The monoisotopic (exact) mass is 265 g/mol. The minimum absolute atomic E-state index is 0.0335. The summed E-state index contributed by atoms with van der Waals surface area (Å²) in [5, 5.41) is 12.4. The second-order valence-electron chi connectivity index (χ2n) is 4.25. The van der Waals surface area contributed by atoms with Gasteiger partial charge in [-0.2, -0.15) is 5.26 Å². The number of likely N-dealkylation sites (N-methyl/N-ethyl adjacent to an activating group) is 1. The van der Waals surface area contributed by atoms with Crippen molar-refractivity contribution in [3.05, 3.63) is 28.8 Å². The van der Waals surface area contributed by atoms with Crippen LogP contribution >= 0.6 is 11.6 Å². The SMILES string of the molecule is CC(C)N(C)C(=O)CNc1cc(Cl)ccc1C#N. The van der Waals surface area contributed by atoms with Crippen LogP contribution in [0.3, 0.4) is 0 Å². The van der Waals surface area contributed by atoms with Gasteiger partial charge in [0.05, 0.1) is 17.8 Å². The van der Waals surface area contributed by atoms with Crippen molar-refractivity contribution in [1.29, 1.82) is 5.26 Å². The zero-order chi connectivity index (χ0) is 13.7. The van der Waals surface area contributed by atoms with Gasteiger partial charge in [-0.05, 0) is 32.0 Å². The molecule has 0 aliphatic carbocycles. The van der Waals surface area contributed by atoms with Crippen molar-refractivity contribution < 1.29 is 4.79 Å². The molecule has 0 saturated heterocycles. The molecule has 5 heteroatoms. The molecule has 1 N–H and O–H groups in total. The third-order valence-electron chi connectivity index (χ3n) is 2.70. The maximum Gasteiger partial charge on any atom is 0.241 e. The Balaban J connectivity index is 2.72. The van der Waals surface area contributed by atoms with Gasteiger partial charge in [0.2, 0.25) is 5.91 Å². The largest absolute Gasteiger partial charge is 0.375 e. The second-order valence-corrected chi connectivity index (χ2v) is 4.69. The number of carbonyl (C=O) groups excluding carboxylic acids is 1. The first-order valence-electron chi connectivity index (χ1n) is 5.65. The van der Waals surface area contributed by atoms with E-state index in [1.54, 1.807) is 30.1 Å². The molecule has 0 atom stereocenters. The van der Waals surface area contributed by atoms with Crippen molar-refractivity contribution in [2.45, 2.75) is 19.9 Å². The molecule has 0 unspecified atom stereocenters. The Morgan fingerprint density at radius 3 is 2.78 bits per heavy atom. The van der Waals surface area contributed by atoms with E-state index in [4.69, 9.17) is 16.9 Å². The summed E-state index contributed by atoms with van der Waals surface area (Å²) in [6, 6.07) is 7.11. The van der Waals surface area contributed by atoms with Crippen LogP contribution in [0.1, 0.15) is 19.4 Å². The van der Waals surface area contributed by atoms with Crippen molar-refractivity contribution in [2.75, 3.05) is 18.9 Å². The molecule has 1 aromatic rings. The summed E-state index contributed by atoms with van der Waals surface area (Å²) in [4.78, 5) is 13.4. The van der Waals surface area contributed by atoms with Crippen LogP contribution in [0, 0.1) is 11.3 Å². The lowest BCUT2D eigenvalue weighted by molar-refractivity contribution is -0.129. The Morgan fingerprint density at radius 1 is 1.56 bits per heavy atom. The normalized spacial score (nSPS) is 10.0. The zero-order valence-electron chi connectivity index (χ0n) is 10.7. The highest BCUT2D eigenvalue weighted by Gasteiger charge is 2.12. The van der Waals surface area contributed by atoms with Crippen LogP contribution < -0.4 is 5.32 Å². The average Bonchev–Trinajstić information content (AvgIpc) is 2.35. The molecule has 0 spiro atoms. The van der Waals surface area contributed by atoms with Crippen LogP contribution in [0.2, 0.25) is 5.02 Å². The van der Waals surface area contributed by atoms with E-state index < -0.39 is 0 Å². The second kappa shape index (κ2) is 6.27. The molecule has 1 amide bonds. The Labute approximate surface area is 112 Å². The van der Waals surface area contributed by atoms with Crippen molar-refractivity contribution in [1.82, 2.24) is 4.90 Å². The van der Waals surface area contributed by atoms with Gasteiger partial charge < -0.3 is 10.2 Å². The van der Waals surface area contributed by atoms with Crippen LogP contribution in [-0.2, 0) is 4.79 Å². The van der Waals surface area contributed by atoms with Gasteiger partial charge >= 0.3 is 0 Å². The van der Waals surface area contributed by atoms with Gasteiger partial charge in [0, 0.05) is 18.1 Å². The first-order chi connectivity index (χ1) is 8.45. The molecule has 0 radical (unpaired) electrons. The lowest BCUT2D eigenvalue weighted by Crippen LogP contribution is -2.37. The number of rotatable bonds is 4. The van der Waals surface area contributed by atoms with Gasteiger partial charge in [-0.1, -0.05) is 11.6 Å². The number of hydrogen-bond donors (Lipinski definition) is 1. The smallest absolute Gasteiger partial charge is 0.241 e. The van der Waals surface area contributed by atoms with Crippen molar-refractivity contribution >= 4 is 23.2 Å². The average molecular weight is 266 g/mol.